The van der Waals surface area contributed by atoms with Gasteiger partial charge in [0.25, 0.3) is 5.91 Å². The summed E-state index contributed by atoms with van der Waals surface area (Å²) in [7, 11) is 0. The average Bonchev–Trinajstić information content (AvgIpc) is 3.19. The number of aromatic nitrogens is 1. The van der Waals surface area contributed by atoms with E-state index in [9.17, 15) is 14.7 Å². The van der Waals surface area contributed by atoms with Gasteiger partial charge >= 0.3 is 5.97 Å². The Morgan fingerprint density at radius 2 is 1.93 bits per heavy atom. The maximum absolute atomic E-state index is 13.2. The van der Waals surface area contributed by atoms with Crippen LogP contribution in [0.25, 0.3) is 11.3 Å². The summed E-state index contributed by atoms with van der Waals surface area (Å²) >= 11 is 1.51. The summed E-state index contributed by atoms with van der Waals surface area (Å²) in [5.41, 5.74) is 1.36. The van der Waals surface area contributed by atoms with Gasteiger partial charge in [-0.15, -0.1) is 11.8 Å². The predicted octanol–water partition coefficient (Wildman–Crippen LogP) is 3.78. The van der Waals surface area contributed by atoms with E-state index in [4.69, 9.17) is 4.52 Å². The molecule has 7 nitrogen and oxygen atoms in total. The first-order valence-corrected chi connectivity index (χ1v) is 10.5. The number of carboxylic acids is 1. The number of hydrogen-bond acceptors (Lipinski definition) is 6. The van der Waals surface area contributed by atoms with E-state index < -0.39 is 22.3 Å². The molecular formula is C21H25N3O4S. The summed E-state index contributed by atoms with van der Waals surface area (Å²) < 4.78 is 5.09. The molecule has 2 N–H and O–H groups in total. The molecule has 2 fully saturated rings. The number of carboxylic acid groups (broad SMARTS) is 1. The largest absolute Gasteiger partial charge is 0.480 e. The maximum Gasteiger partial charge on any atom is 0.327 e. The average molecular weight is 416 g/mol. The number of amides is 1. The molecule has 154 valence electrons. The standard InChI is InChI=1S/C21H25N3O4S/c1-11(2)13-14(15(28-23-13)12-9-7-6-8-10-12)22-21(5)18(27)24-16(17(25)26)20(3,4)29-19(21)24/h6-11,16,19,22H,1-5H3,(H,25,26)/t16-,19+,21?/m0/s1. The summed E-state index contributed by atoms with van der Waals surface area (Å²) in [5, 5.41) is 17.0. The Hall–Kier alpha value is -2.48. The quantitative estimate of drug-likeness (QED) is 0.718. The maximum atomic E-state index is 13.2. The minimum Gasteiger partial charge on any atom is -0.480 e. The Bertz CT molecular complexity index is 972. The molecule has 1 unspecified atom stereocenters. The van der Waals surface area contributed by atoms with Gasteiger partial charge in [-0.3, -0.25) is 4.79 Å². The van der Waals surface area contributed by atoms with Gasteiger partial charge in [0, 0.05) is 16.2 Å². The number of thioether (sulfide) groups is 1. The zero-order valence-corrected chi connectivity index (χ0v) is 17.9. The molecule has 2 aliphatic heterocycles. The highest BCUT2D eigenvalue weighted by Gasteiger charge is 2.69. The molecule has 2 saturated heterocycles. The molecule has 2 aromatic rings. The Morgan fingerprint density at radius 1 is 1.28 bits per heavy atom. The smallest absolute Gasteiger partial charge is 0.327 e. The number of anilines is 1. The monoisotopic (exact) mass is 415 g/mol. The van der Waals surface area contributed by atoms with Crippen LogP contribution in [0.3, 0.4) is 0 Å². The van der Waals surface area contributed by atoms with Crippen molar-refractivity contribution in [2.24, 2.45) is 0 Å². The van der Waals surface area contributed by atoms with Crippen LogP contribution in [0.1, 0.15) is 46.2 Å². The number of nitrogens with one attached hydrogen (secondary N) is 1. The van der Waals surface area contributed by atoms with Crippen molar-refractivity contribution in [2.75, 3.05) is 5.32 Å². The van der Waals surface area contributed by atoms with Gasteiger partial charge in [-0.05, 0) is 20.8 Å². The molecular weight excluding hydrogens is 390 g/mol. The number of aliphatic carboxylic acids is 1. The second kappa shape index (κ2) is 6.52. The number of carbonyl (C=O) groups excluding carboxylic acids is 1. The molecule has 4 rings (SSSR count). The number of benzene rings is 1. The predicted molar refractivity (Wildman–Crippen MR) is 112 cm³/mol. The van der Waals surface area contributed by atoms with Gasteiger partial charge in [-0.25, -0.2) is 4.79 Å². The van der Waals surface area contributed by atoms with E-state index >= 15 is 0 Å². The fourth-order valence-corrected chi connectivity index (χ4v) is 5.85. The molecule has 3 atom stereocenters. The summed E-state index contributed by atoms with van der Waals surface area (Å²) in [5.74, 6) is -0.520. The van der Waals surface area contributed by atoms with Crippen LogP contribution >= 0.6 is 11.8 Å². The summed E-state index contributed by atoms with van der Waals surface area (Å²) in [6, 6.07) is 8.78. The van der Waals surface area contributed by atoms with E-state index in [2.05, 4.69) is 10.5 Å². The molecule has 2 aliphatic rings. The lowest BCUT2D eigenvalue weighted by Gasteiger charge is -2.51. The Labute approximate surface area is 173 Å². The zero-order valence-electron chi connectivity index (χ0n) is 17.1. The van der Waals surface area contributed by atoms with Crippen LogP contribution in [0.4, 0.5) is 5.69 Å². The molecule has 29 heavy (non-hydrogen) atoms. The first-order chi connectivity index (χ1) is 13.6. The number of rotatable bonds is 5. The van der Waals surface area contributed by atoms with Crippen molar-refractivity contribution in [3.63, 3.8) is 0 Å². The van der Waals surface area contributed by atoms with Gasteiger partial charge < -0.3 is 19.8 Å². The highest BCUT2D eigenvalue weighted by atomic mass is 32.2. The van der Waals surface area contributed by atoms with Gasteiger partial charge in [0.1, 0.15) is 28.3 Å². The van der Waals surface area contributed by atoms with Gasteiger partial charge in [-0.2, -0.15) is 0 Å². The number of nitrogens with zero attached hydrogens (tertiary/aromatic N) is 2. The number of fused-ring (bicyclic) bond motifs is 1. The van der Waals surface area contributed by atoms with Crippen LogP contribution in [0.15, 0.2) is 34.9 Å². The molecule has 1 amide bonds. The fraction of sp³-hybridized carbons (Fsp3) is 0.476. The Balaban J connectivity index is 1.73. The van der Waals surface area contributed by atoms with Gasteiger partial charge in [0.05, 0.1) is 0 Å². The first-order valence-electron chi connectivity index (χ1n) is 9.64. The van der Waals surface area contributed by atoms with E-state index in [-0.39, 0.29) is 17.2 Å². The van der Waals surface area contributed by atoms with E-state index in [1.807, 2.05) is 65.0 Å². The fourth-order valence-electron chi connectivity index (χ4n) is 4.20. The van der Waals surface area contributed by atoms with Gasteiger partial charge in [0.2, 0.25) is 0 Å². The van der Waals surface area contributed by atoms with Crippen molar-refractivity contribution in [1.29, 1.82) is 0 Å². The van der Waals surface area contributed by atoms with E-state index in [1.165, 1.54) is 16.7 Å². The Morgan fingerprint density at radius 3 is 2.52 bits per heavy atom. The third-order valence-corrected chi connectivity index (χ3v) is 7.45. The van der Waals surface area contributed by atoms with Crippen molar-refractivity contribution < 1.29 is 19.2 Å². The molecule has 3 heterocycles. The summed E-state index contributed by atoms with van der Waals surface area (Å²) in [6.45, 7) is 9.61. The van der Waals surface area contributed by atoms with E-state index in [1.54, 1.807) is 0 Å². The van der Waals surface area contributed by atoms with Gasteiger partial charge in [0.15, 0.2) is 5.76 Å². The van der Waals surface area contributed by atoms with Crippen LogP contribution in [0.5, 0.6) is 0 Å². The zero-order chi connectivity index (χ0) is 21.1. The Kier molecular flexibility index (Phi) is 4.45. The van der Waals surface area contributed by atoms with Crippen LogP contribution in [0.2, 0.25) is 0 Å². The molecule has 0 saturated carbocycles. The number of carbonyl (C=O) groups is 2. The second-order valence-corrected chi connectivity index (χ2v) is 10.4. The number of β-lactam (4-membered cyclic amide) rings is 1. The highest BCUT2D eigenvalue weighted by molar-refractivity contribution is 8.01. The summed E-state index contributed by atoms with van der Waals surface area (Å²) in [4.78, 5) is 26.5. The third-order valence-electron chi connectivity index (χ3n) is 5.70. The van der Waals surface area contributed by atoms with Crippen LogP contribution in [0, 0.1) is 0 Å². The van der Waals surface area contributed by atoms with Crippen LogP contribution in [-0.4, -0.2) is 48.7 Å². The molecule has 0 spiro atoms. The molecule has 1 aromatic heterocycles. The second-order valence-electron chi connectivity index (χ2n) is 8.65. The number of hydrogen-bond donors (Lipinski definition) is 2. The van der Waals surface area contributed by atoms with Crippen molar-refractivity contribution >= 4 is 29.3 Å². The molecule has 8 heteroatoms. The van der Waals surface area contributed by atoms with E-state index in [0.29, 0.717) is 11.4 Å². The first kappa shape index (κ1) is 19.8. The molecule has 1 aromatic carbocycles. The molecule has 0 radical (unpaired) electrons. The van der Waals surface area contributed by atoms with Crippen molar-refractivity contribution in [1.82, 2.24) is 10.1 Å². The lowest BCUT2D eigenvalue weighted by molar-refractivity contribution is -0.163. The SMILES string of the molecule is CC(C)c1noc(-c2ccccc2)c1NC1(C)C(=O)N2[C@@H](C(=O)O)C(C)(C)S[C@@H]21. The highest BCUT2D eigenvalue weighted by Crippen LogP contribution is 2.56. The van der Waals surface area contributed by atoms with Crippen LogP contribution in [-0.2, 0) is 9.59 Å². The molecule has 0 aliphatic carbocycles. The lowest BCUT2D eigenvalue weighted by atomic mass is 9.85. The van der Waals surface area contributed by atoms with E-state index in [0.717, 1.165) is 11.3 Å². The minimum absolute atomic E-state index is 0.0908. The minimum atomic E-state index is -0.974. The summed E-state index contributed by atoms with van der Waals surface area (Å²) in [6.07, 6.45) is 0. The topological polar surface area (TPSA) is 95.7 Å². The lowest BCUT2D eigenvalue weighted by Crippen LogP contribution is -2.75. The van der Waals surface area contributed by atoms with Crippen molar-refractivity contribution in [2.45, 2.75) is 62.2 Å². The van der Waals surface area contributed by atoms with Crippen LogP contribution < -0.4 is 5.32 Å². The normalized spacial score (nSPS) is 27.7. The third kappa shape index (κ3) is 2.84. The molecule has 0 bridgehead atoms. The van der Waals surface area contributed by atoms with Crippen molar-refractivity contribution in [3.8, 4) is 11.3 Å². The van der Waals surface area contributed by atoms with Crippen molar-refractivity contribution in [3.05, 3.63) is 36.0 Å². The van der Waals surface area contributed by atoms with Gasteiger partial charge in [-0.1, -0.05) is 49.3 Å².